The lowest BCUT2D eigenvalue weighted by Crippen LogP contribution is -2.43. The number of hydrogen-bond donors (Lipinski definition) is 2. The van der Waals surface area contributed by atoms with Crippen LogP contribution in [-0.4, -0.2) is 53.3 Å². The molecule has 1 aliphatic rings. The SMILES string of the molecule is O=C(O)c1ccnc(NC(=O)N2CCOCC2)c1. The minimum atomic E-state index is -1.06. The standard InChI is InChI=1S/C11H13N3O4/c15-10(16)8-1-2-12-9(7-8)13-11(17)14-3-5-18-6-4-14/h1-2,7H,3-6H2,(H,15,16)(H,12,13,17). The van der Waals surface area contributed by atoms with Crippen molar-refractivity contribution in [2.45, 2.75) is 0 Å². The Morgan fingerprint density at radius 3 is 2.78 bits per heavy atom. The van der Waals surface area contributed by atoms with E-state index >= 15 is 0 Å². The van der Waals surface area contributed by atoms with E-state index in [1.54, 1.807) is 4.90 Å². The topological polar surface area (TPSA) is 91.8 Å². The van der Waals surface area contributed by atoms with E-state index in [0.717, 1.165) is 0 Å². The van der Waals surface area contributed by atoms with E-state index in [9.17, 15) is 9.59 Å². The lowest BCUT2D eigenvalue weighted by molar-refractivity contribution is 0.0564. The molecule has 1 aromatic rings. The van der Waals surface area contributed by atoms with E-state index in [1.165, 1.54) is 18.3 Å². The summed E-state index contributed by atoms with van der Waals surface area (Å²) in [5.74, 6) is -0.828. The van der Waals surface area contributed by atoms with Crippen LogP contribution in [0.25, 0.3) is 0 Å². The Hall–Kier alpha value is -2.15. The van der Waals surface area contributed by atoms with Gasteiger partial charge in [-0.15, -0.1) is 0 Å². The molecule has 7 nitrogen and oxygen atoms in total. The third-order valence-corrected chi connectivity index (χ3v) is 2.54. The Morgan fingerprint density at radius 1 is 1.39 bits per heavy atom. The summed E-state index contributed by atoms with van der Waals surface area (Å²) in [6, 6.07) is 2.39. The number of hydrogen-bond acceptors (Lipinski definition) is 4. The Kier molecular flexibility index (Phi) is 3.73. The number of carbonyl (C=O) groups excluding carboxylic acids is 1. The van der Waals surface area contributed by atoms with Crippen molar-refractivity contribution in [3.05, 3.63) is 23.9 Å². The van der Waals surface area contributed by atoms with E-state index in [4.69, 9.17) is 9.84 Å². The largest absolute Gasteiger partial charge is 0.478 e. The van der Waals surface area contributed by atoms with Crippen molar-refractivity contribution < 1.29 is 19.4 Å². The van der Waals surface area contributed by atoms with Gasteiger partial charge in [0.15, 0.2) is 0 Å². The molecule has 0 aliphatic carbocycles. The van der Waals surface area contributed by atoms with Crippen LogP contribution in [0.4, 0.5) is 10.6 Å². The van der Waals surface area contributed by atoms with E-state index in [0.29, 0.717) is 26.3 Å². The molecule has 0 saturated carbocycles. The number of anilines is 1. The molecule has 0 spiro atoms. The number of nitrogens with one attached hydrogen (secondary N) is 1. The van der Waals surface area contributed by atoms with Gasteiger partial charge >= 0.3 is 12.0 Å². The smallest absolute Gasteiger partial charge is 0.335 e. The van der Waals surface area contributed by atoms with E-state index in [-0.39, 0.29) is 17.4 Å². The lowest BCUT2D eigenvalue weighted by atomic mass is 10.2. The number of urea groups is 1. The first-order valence-corrected chi connectivity index (χ1v) is 5.50. The summed E-state index contributed by atoms with van der Waals surface area (Å²) in [4.78, 5) is 28.1. The van der Waals surface area contributed by atoms with Gasteiger partial charge in [-0.1, -0.05) is 0 Å². The second-order valence-electron chi connectivity index (χ2n) is 3.76. The van der Waals surface area contributed by atoms with Crippen LogP contribution in [-0.2, 0) is 4.74 Å². The maximum Gasteiger partial charge on any atom is 0.335 e. The van der Waals surface area contributed by atoms with Crippen LogP contribution in [0.1, 0.15) is 10.4 Å². The van der Waals surface area contributed by atoms with Crippen molar-refractivity contribution in [3.8, 4) is 0 Å². The van der Waals surface area contributed by atoms with Gasteiger partial charge in [0.2, 0.25) is 0 Å². The second-order valence-corrected chi connectivity index (χ2v) is 3.76. The summed E-state index contributed by atoms with van der Waals surface area (Å²) in [7, 11) is 0. The Morgan fingerprint density at radius 2 is 2.11 bits per heavy atom. The zero-order valence-corrected chi connectivity index (χ0v) is 9.63. The number of pyridine rings is 1. The fourth-order valence-corrected chi connectivity index (χ4v) is 1.59. The van der Waals surface area contributed by atoms with Gasteiger partial charge in [-0.05, 0) is 12.1 Å². The van der Waals surface area contributed by atoms with Gasteiger partial charge in [0.05, 0.1) is 18.8 Å². The Bertz CT molecular complexity index is 457. The maximum absolute atomic E-state index is 11.8. The van der Waals surface area contributed by atoms with Crippen LogP contribution >= 0.6 is 0 Å². The van der Waals surface area contributed by atoms with E-state index in [2.05, 4.69) is 10.3 Å². The predicted octanol–water partition coefficient (Wildman–Crippen LogP) is 0.644. The zero-order valence-electron chi connectivity index (χ0n) is 9.63. The van der Waals surface area contributed by atoms with Gasteiger partial charge in [0.25, 0.3) is 0 Å². The second kappa shape index (κ2) is 5.46. The third-order valence-electron chi connectivity index (χ3n) is 2.54. The quantitative estimate of drug-likeness (QED) is 0.805. The van der Waals surface area contributed by atoms with Crippen LogP contribution in [0.15, 0.2) is 18.3 Å². The van der Waals surface area contributed by atoms with Gasteiger partial charge < -0.3 is 14.7 Å². The minimum absolute atomic E-state index is 0.0854. The van der Waals surface area contributed by atoms with Crippen molar-refractivity contribution >= 4 is 17.8 Å². The molecule has 1 aromatic heterocycles. The molecule has 0 bridgehead atoms. The maximum atomic E-state index is 11.8. The number of aromatic nitrogens is 1. The monoisotopic (exact) mass is 251 g/mol. The number of aromatic carboxylic acids is 1. The first-order chi connectivity index (χ1) is 8.66. The Balaban J connectivity index is 2.02. The van der Waals surface area contributed by atoms with Gasteiger partial charge in [0, 0.05) is 19.3 Å². The van der Waals surface area contributed by atoms with Crippen LogP contribution in [0.3, 0.4) is 0 Å². The normalized spacial score (nSPS) is 15.2. The lowest BCUT2D eigenvalue weighted by Gasteiger charge is -2.26. The highest BCUT2D eigenvalue weighted by Crippen LogP contribution is 2.08. The molecular formula is C11H13N3O4. The molecule has 0 unspecified atom stereocenters. The average Bonchev–Trinajstić information content (AvgIpc) is 2.40. The molecule has 1 saturated heterocycles. The fraction of sp³-hybridized carbons (Fsp3) is 0.364. The summed E-state index contributed by atoms with van der Waals surface area (Å²) in [6.45, 7) is 2.06. The van der Waals surface area contributed by atoms with Crippen molar-refractivity contribution in [2.75, 3.05) is 31.6 Å². The highest BCUT2D eigenvalue weighted by molar-refractivity contribution is 5.92. The van der Waals surface area contributed by atoms with Crippen LogP contribution in [0, 0.1) is 0 Å². The highest BCUT2D eigenvalue weighted by atomic mass is 16.5. The molecule has 0 atom stereocenters. The summed E-state index contributed by atoms with van der Waals surface area (Å²) in [5, 5.41) is 11.4. The molecule has 2 heterocycles. The van der Waals surface area contributed by atoms with Crippen molar-refractivity contribution in [1.29, 1.82) is 0 Å². The Labute approximate surface area is 103 Å². The van der Waals surface area contributed by atoms with Gasteiger partial charge in [-0.2, -0.15) is 0 Å². The predicted molar refractivity (Wildman–Crippen MR) is 62.6 cm³/mol. The summed E-state index contributed by atoms with van der Waals surface area (Å²) in [5.41, 5.74) is 0.0854. The number of carboxylic acid groups (broad SMARTS) is 1. The van der Waals surface area contributed by atoms with E-state index in [1.807, 2.05) is 0 Å². The molecule has 0 radical (unpaired) electrons. The van der Waals surface area contributed by atoms with Gasteiger partial charge in [0.1, 0.15) is 5.82 Å². The molecule has 2 N–H and O–H groups in total. The first kappa shape index (κ1) is 12.3. The zero-order chi connectivity index (χ0) is 13.0. The average molecular weight is 251 g/mol. The van der Waals surface area contributed by atoms with Crippen LogP contribution < -0.4 is 5.32 Å². The molecule has 18 heavy (non-hydrogen) atoms. The number of rotatable bonds is 2. The molecule has 2 rings (SSSR count). The first-order valence-electron chi connectivity index (χ1n) is 5.50. The fourth-order valence-electron chi connectivity index (χ4n) is 1.59. The number of ether oxygens (including phenoxy) is 1. The van der Waals surface area contributed by atoms with E-state index < -0.39 is 5.97 Å². The number of amides is 2. The van der Waals surface area contributed by atoms with Crippen molar-refractivity contribution in [1.82, 2.24) is 9.88 Å². The van der Waals surface area contributed by atoms with Gasteiger partial charge in [-0.3, -0.25) is 5.32 Å². The van der Waals surface area contributed by atoms with Gasteiger partial charge in [-0.25, -0.2) is 14.6 Å². The molecule has 96 valence electrons. The molecule has 0 aromatic carbocycles. The van der Waals surface area contributed by atoms with Crippen molar-refractivity contribution in [3.63, 3.8) is 0 Å². The summed E-state index contributed by atoms with van der Waals surface area (Å²) >= 11 is 0. The molecule has 1 aliphatic heterocycles. The molecule has 1 fully saturated rings. The molecule has 7 heteroatoms. The number of carboxylic acids is 1. The summed E-state index contributed by atoms with van der Waals surface area (Å²) in [6.07, 6.45) is 1.35. The number of morpholine rings is 1. The minimum Gasteiger partial charge on any atom is -0.478 e. The third kappa shape index (κ3) is 2.95. The highest BCUT2D eigenvalue weighted by Gasteiger charge is 2.17. The summed E-state index contributed by atoms with van der Waals surface area (Å²) < 4.78 is 5.14. The number of nitrogens with zero attached hydrogens (tertiary/aromatic N) is 2. The van der Waals surface area contributed by atoms with Crippen molar-refractivity contribution in [2.24, 2.45) is 0 Å². The molecular weight excluding hydrogens is 238 g/mol. The van der Waals surface area contributed by atoms with Crippen LogP contribution in [0.5, 0.6) is 0 Å². The van der Waals surface area contributed by atoms with Crippen LogP contribution in [0.2, 0.25) is 0 Å². The molecule has 2 amide bonds. The number of carbonyl (C=O) groups is 2.